The number of hydrogen-bond acceptors (Lipinski definition) is 5. The summed E-state index contributed by atoms with van der Waals surface area (Å²) in [6, 6.07) is 24.6. The zero-order valence-electron chi connectivity index (χ0n) is 15.9. The third kappa shape index (κ3) is 4.68. The quantitative estimate of drug-likeness (QED) is 0.494. The van der Waals surface area contributed by atoms with Crippen LogP contribution >= 0.6 is 0 Å². The van der Waals surface area contributed by atoms with Crippen LogP contribution in [-0.2, 0) is 6.54 Å². The molecule has 0 saturated heterocycles. The average molecular weight is 384 g/mol. The Hall–Kier alpha value is -3.93. The molecule has 2 N–H and O–H groups in total. The van der Waals surface area contributed by atoms with Crippen LogP contribution in [0.3, 0.4) is 0 Å². The van der Waals surface area contributed by atoms with Crippen molar-refractivity contribution in [1.29, 1.82) is 0 Å². The summed E-state index contributed by atoms with van der Waals surface area (Å²) >= 11 is 0. The second-order valence-electron chi connectivity index (χ2n) is 6.63. The van der Waals surface area contributed by atoms with Crippen molar-refractivity contribution in [3.63, 3.8) is 0 Å². The van der Waals surface area contributed by atoms with Gasteiger partial charge in [-0.2, -0.15) is 4.98 Å². The first kappa shape index (κ1) is 18.4. The molecule has 0 fully saturated rings. The maximum absolute atomic E-state index is 12.3. The Morgan fingerprint density at radius 1 is 0.897 bits per heavy atom. The minimum atomic E-state index is -0.151. The Labute approximate surface area is 168 Å². The number of anilines is 2. The predicted molar refractivity (Wildman–Crippen MR) is 113 cm³/mol. The summed E-state index contributed by atoms with van der Waals surface area (Å²) in [5.74, 6) is 0.906. The normalized spacial score (nSPS) is 10.5. The minimum Gasteiger partial charge on any atom is -0.376 e. The maximum Gasteiger partial charge on any atom is 0.255 e. The molecular weight excluding hydrogens is 364 g/mol. The van der Waals surface area contributed by atoms with Crippen LogP contribution in [0.2, 0.25) is 0 Å². The number of carbonyl (C=O) groups excluding carboxylic acids is 1. The van der Waals surface area contributed by atoms with Gasteiger partial charge in [0, 0.05) is 22.5 Å². The van der Waals surface area contributed by atoms with Crippen LogP contribution in [0, 0.1) is 6.92 Å². The second kappa shape index (κ2) is 8.39. The van der Waals surface area contributed by atoms with E-state index in [9.17, 15) is 4.79 Å². The van der Waals surface area contributed by atoms with Crippen molar-refractivity contribution >= 4 is 17.3 Å². The van der Waals surface area contributed by atoms with E-state index in [1.807, 2.05) is 73.7 Å². The van der Waals surface area contributed by atoms with Gasteiger partial charge in [0.15, 0.2) is 0 Å². The number of aromatic nitrogens is 2. The Kier molecular flexibility index (Phi) is 5.33. The first-order chi connectivity index (χ1) is 14.2. The van der Waals surface area contributed by atoms with Gasteiger partial charge in [0.25, 0.3) is 5.91 Å². The van der Waals surface area contributed by atoms with Gasteiger partial charge in [-0.3, -0.25) is 4.79 Å². The van der Waals surface area contributed by atoms with Crippen molar-refractivity contribution in [3.8, 4) is 11.4 Å². The molecule has 3 aromatic carbocycles. The van der Waals surface area contributed by atoms with Gasteiger partial charge < -0.3 is 15.2 Å². The molecule has 4 rings (SSSR count). The highest BCUT2D eigenvalue weighted by Gasteiger charge is 2.09. The SMILES string of the molecule is Cc1ccc(-c2noc(CNc3ccc(C(=O)Nc4ccccc4)cc3)n2)cc1. The fourth-order valence-corrected chi connectivity index (χ4v) is 2.79. The molecule has 0 saturated carbocycles. The fourth-order valence-electron chi connectivity index (χ4n) is 2.79. The van der Waals surface area contributed by atoms with E-state index in [-0.39, 0.29) is 5.91 Å². The van der Waals surface area contributed by atoms with Crippen LogP contribution < -0.4 is 10.6 Å². The predicted octanol–water partition coefficient (Wildman–Crippen LogP) is 4.91. The number of aryl methyl sites for hydroxylation is 1. The molecule has 0 bridgehead atoms. The van der Waals surface area contributed by atoms with E-state index in [0.29, 0.717) is 23.8 Å². The molecule has 29 heavy (non-hydrogen) atoms. The molecule has 6 heteroatoms. The largest absolute Gasteiger partial charge is 0.376 e. The molecule has 0 atom stereocenters. The molecule has 0 unspecified atom stereocenters. The molecule has 144 valence electrons. The van der Waals surface area contributed by atoms with Gasteiger partial charge >= 0.3 is 0 Å². The number of benzene rings is 3. The van der Waals surface area contributed by atoms with Crippen molar-refractivity contribution in [2.75, 3.05) is 10.6 Å². The first-order valence-electron chi connectivity index (χ1n) is 9.27. The van der Waals surface area contributed by atoms with E-state index in [1.54, 1.807) is 12.1 Å². The number of carbonyl (C=O) groups is 1. The van der Waals surface area contributed by atoms with Crippen LogP contribution in [0.1, 0.15) is 21.8 Å². The number of para-hydroxylation sites is 1. The van der Waals surface area contributed by atoms with E-state index in [1.165, 1.54) is 5.56 Å². The van der Waals surface area contributed by atoms with Gasteiger partial charge in [-0.05, 0) is 43.3 Å². The lowest BCUT2D eigenvalue weighted by Gasteiger charge is -2.07. The summed E-state index contributed by atoms with van der Waals surface area (Å²) in [7, 11) is 0. The molecule has 6 nitrogen and oxygen atoms in total. The molecule has 0 radical (unpaired) electrons. The minimum absolute atomic E-state index is 0.151. The Morgan fingerprint density at radius 2 is 1.62 bits per heavy atom. The van der Waals surface area contributed by atoms with Crippen LogP contribution in [0.5, 0.6) is 0 Å². The Morgan fingerprint density at radius 3 is 2.34 bits per heavy atom. The number of nitrogens with zero attached hydrogens (tertiary/aromatic N) is 2. The summed E-state index contributed by atoms with van der Waals surface area (Å²) in [6.07, 6.45) is 0. The molecule has 1 amide bonds. The third-order valence-electron chi connectivity index (χ3n) is 4.40. The van der Waals surface area contributed by atoms with Crippen molar-refractivity contribution in [2.24, 2.45) is 0 Å². The second-order valence-corrected chi connectivity index (χ2v) is 6.63. The summed E-state index contributed by atoms with van der Waals surface area (Å²) in [5, 5.41) is 10.1. The summed E-state index contributed by atoms with van der Waals surface area (Å²) in [5.41, 5.74) is 4.30. The lowest BCUT2D eigenvalue weighted by Crippen LogP contribution is -2.11. The number of nitrogens with one attached hydrogen (secondary N) is 2. The van der Waals surface area contributed by atoms with Crippen LogP contribution in [0.4, 0.5) is 11.4 Å². The zero-order valence-corrected chi connectivity index (χ0v) is 15.9. The van der Waals surface area contributed by atoms with E-state index in [2.05, 4.69) is 20.8 Å². The van der Waals surface area contributed by atoms with Gasteiger partial charge in [0.2, 0.25) is 11.7 Å². The monoisotopic (exact) mass is 384 g/mol. The smallest absolute Gasteiger partial charge is 0.255 e. The highest BCUT2D eigenvalue weighted by atomic mass is 16.5. The maximum atomic E-state index is 12.3. The van der Waals surface area contributed by atoms with E-state index < -0.39 is 0 Å². The standard InChI is InChI=1S/C23H20N4O2/c1-16-7-9-17(10-8-16)22-26-21(29-27-22)15-24-19-13-11-18(12-14-19)23(28)25-20-5-3-2-4-6-20/h2-14,24H,15H2,1H3,(H,25,28). The zero-order chi connectivity index (χ0) is 20.1. The summed E-state index contributed by atoms with van der Waals surface area (Å²) in [6.45, 7) is 2.43. The van der Waals surface area contributed by atoms with Crippen molar-refractivity contribution in [1.82, 2.24) is 10.1 Å². The number of amides is 1. The Bertz CT molecular complexity index is 1090. The summed E-state index contributed by atoms with van der Waals surface area (Å²) in [4.78, 5) is 16.7. The molecular formula is C23H20N4O2. The average Bonchev–Trinajstić information content (AvgIpc) is 3.23. The topological polar surface area (TPSA) is 80.0 Å². The highest BCUT2D eigenvalue weighted by Crippen LogP contribution is 2.17. The lowest BCUT2D eigenvalue weighted by atomic mass is 10.1. The van der Waals surface area contributed by atoms with Gasteiger partial charge in [-0.1, -0.05) is 53.2 Å². The third-order valence-corrected chi connectivity index (χ3v) is 4.40. The van der Waals surface area contributed by atoms with Gasteiger partial charge in [-0.15, -0.1) is 0 Å². The van der Waals surface area contributed by atoms with Gasteiger partial charge in [-0.25, -0.2) is 0 Å². The number of hydrogen-bond donors (Lipinski definition) is 2. The molecule has 0 aliphatic rings. The van der Waals surface area contributed by atoms with E-state index in [4.69, 9.17) is 4.52 Å². The van der Waals surface area contributed by atoms with Crippen LogP contribution in [0.15, 0.2) is 83.4 Å². The lowest BCUT2D eigenvalue weighted by molar-refractivity contribution is 0.102. The van der Waals surface area contributed by atoms with Gasteiger partial charge in [0.1, 0.15) is 0 Å². The van der Waals surface area contributed by atoms with Crippen molar-refractivity contribution in [2.45, 2.75) is 13.5 Å². The van der Waals surface area contributed by atoms with Crippen LogP contribution in [0.25, 0.3) is 11.4 Å². The van der Waals surface area contributed by atoms with Crippen LogP contribution in [-0.4, -0.2) is 16.0 Å². The number of rotatable bonds is 6. The fraction of sp³-hybridized carbons (Fsp3) is 0.0870. The molecule has 0 aliphatic carbocycles. The van der Waals surface area contributed by atoms with Crippen molar-refractivity contribution < 1.29 is 9.32 Å². The van der Waals surface area contributed by atoms with Crippen molar-refractivity contribution in [3.05, 3.63) is 95.9 Å². The summed E-state index contributed by atoms with van der Waals surface area (Å²) < 4.78 is 5.31. The van der Waals surface area contributed by atoms with E-state index >= 15 is 0 Å². The highest BCUT2D eigenvalue weighted by molar-refractivity contribution is 6.04. The molecule has 0 spiro atoms. The molecule has 0 aliphatic heterocycles. The first-order valence-corrected chi connectivity index (χ1v) is 9.27. The van der Waals surface area contributed by atoms with Gasteiger partial charge in [0.05, 0.1) is 6.54 Å². The van der Waals surface area contributed by atoms with E-state index in [0.717, 1.165) is 16.9 Å². The Balaban J connectivity index is 1.35. The molecule has 1 heterocycles. The molecule has 4 aromatic rings. The molecule has 1 aromatic heterocycles.